The first-order valence-electron chi connectivity index (χ1n) is 9.72. The molecule has 2 aromatic rings. The van der Waals surface area contributed by atoms with Gasteiger partial charge in [0.25, 0.3) is 11.6 Å². The molecule has 2 amide bonds. The van der Waals surface area contributed by atoms with Crippen LogP contribution in [0.2, 0.25) is 5.02 Å². The Morgan fingerprint density at radius 1 is 1.19 bits per heavy atom. The summed E-state index contributed by atoms with van der Waals surface area (Å²) < 4.78 is 5.48. The molecule has 0 radical (unpaired) electrons. The molecule has 1 aromatic heterocycles. The fraction of sp³-hybridized carbons (Fsp3) is 0.381. The van der Waals surface area contributed by atoms with Crippen molar-refractivity contribution in [1.82, 2.24) is 15.6 Å². The van der Waals surface area contributed by atoms with E-state index in [1.165, 1.54) is 12.1 Å². The van der Waals surface area contributed by atoms with Crippen molar-refractivity contribution in [3.05, 3.63) is 62.8 Å². The number of carbonyl (C=O) groups excluding carboxylic acids is 2. The Morgan fingerprint density at radius 3 is 2.45 bits per heavy atom. The van der Waals surface area contributed by atoms with Crippen LogP contribution in [-0.2, 0) is 11.3 Å². The van der Waals surface area contributed by atoms with Crippen molar-refractivity contribution in [2.24, 2.45) is 5.92 Å². The summed E-state index contributed by atoms with van der Waals surface area (Å²) >= 11 is 5.79. The molecular weight excluding hydrogens is 424 g/mol. The highest BCUT2D eigenvalue weighted by atomic mass is 35.5. The van der Waals surface area contributed by atoms with Crippen molar-refractivity contribution >= 4 is 29.1 Å². The summed E-state index contributed by atoms with van der Waals surface area (Å²) in [5.41, 5.74) is 0.434. The van der Waals surface area contributed by atoms with E-state index in [0.29, 0.717) is 5.88 Å². The second-order valence-corrected chi connectivity index (χ2v) is 7.91. The average Bonchev–Trinajstić information content (AvgIpc) is 2.70. The molecule has 1 unspecified atom stereocenters. The molecule has 1 heterocycles. The Kier molecular flexibility index (Phi) is 8.32. The Balaban J connectivity index is 2.03. The summed E-state index contributed by atoms with van der Waals surface area (Å²) in [5, 5.41) is 16.4. The van der Waals surface area contributed by atoms with Crippen molar-refractivity contribution in [3.8, 4) is 5.88 Å². The summed E-state index contributed by atoms with van der Waals surface area (Å²) in [6.07, 6.45) is 1.61. The van der Waals surface area contributed by atoms with E-state index < -0.39 is 16.9 Å². The normalized spacial score (nSPS) is 11.8. The van der Waals surface area contributed by atoms with E-state index in [1.807, 2.05) is 13.8 Å². The standard InChI is InChI=1S/C21H25ClN4O5/c1-12(2)19(25-20(27)15-6-7-16(22)17(9-15)26(29)30)21(28)24-11-14-5-8-18(23-10-14)31-13(3)4/h5-10,12-13,19H,11H2,1-4H3,(H,24,28)(H,25,27). The van der Waals surface area contributed by atoms with Gasteiger partial charge in [0, 0.05) is 30.4 Å². The van der Waals surface area contributed by atoms with Crippen LogP contribution in [-0.4, -0.2) is 33.9 Å². The second kappa shape index (κ2) is 10.7. The van der Waals surface area contributed by atoms with E-state index in [9.17, 15) is 19.7 Å². The first-order chi connectivity index (χ1) is 14.6. The van der Waals surface area contributed by atoms with Gasteiger partial charge >= 0.3 is 0 Å². The summed E-state index contributed by atoms with van der Waals surface area (Å²) in [5.74, 6) is -0.708. The molecule has 1 atom stereocenters. The van der Waals surface area contributed by atoms with Crippen LogP contribution in [0, 0.1) is 16.0 Å². The van der Waals surface area contributed by atoms with E-state index in [-0.39, 0.29) is 40.7 Å². The molecule has 9 nitrogen and oxygen atoms in total. The van der Waals surface area contributed by atoms with E-state index >= 15 is 0 Å². The van der Waals surface area contributed by atoms with Crippen molar-refractivity contribution in [2.45, 2.75) is 46.4 Å². The van der Waals surface area contributed by atoms with Gasteiger partial charge in [0.2, 0.25) is 11.8 Å². The Morgan fingerprint density at radius 2 is 1.90 bits per heavy atom. The number of aromatic nitrogens is 1. The maximum absolute atomic E-state index is 12.7. The molecule has 0 aliphatic rings. The van der Waals surface area contributed by atoms with Gasteiger partial charge in [-0.2, -0.15) is 0 Å². The van der Waals surface area contributed by atoms with Crippen LogP contribution in [0.4, 0.5) is 5.69 Å². The number of benzene rings is 1. The fourth-order valence-electron chi connectivity index (χ4n) is 2.68. The van der Waals surface area contributed by atoms with Gasteiger partial charge < -0.3 is 15.4 Å². The number of nitro groups is 1. The van der Waals surface area contributed by atoms with E-state index in [1.54, 1.807) is 32.2 Å². The zero-order valence-corrected chi connectivity index (χ0v) is 18.5. The van der Waals surface area contributed by atoms with Gasteiger partial charge in [-0.25, -0.2) is 4.98 Å². The SMILES string of the molecule is CC(C)Oc1ccc(CNC(=O)C(NC(=O)c2ccc(Cl)c([N+](=O)[O-])c2)C(C)C)cn1. The zero-order valence-electron chi connectivity index (χ0n) is 17.7. The number of amides is 2. The maximum atomic E-state index is 12.7. The number of hydrogen-bond acceptors (Lipinski definition) is 6. The van der Waals surface area contributed by atoms with E-state index in [4.69, 9.17) is 16.3 Å². The van der Waals surface area contributed by atoms with Crippen LogP contribution in [0.1, 0.15) is 43.6 Å². The van der Waals surface area contributed by atoms with Gasteiger partial charge in [0.05, 0.1) is 11.0 Å². The minimum atomic E-state index is -0.834. The maximum Gasteiger partial charge on any atom is 0.288 e. The van der Waals surface area contributed by atoms with Crippen molar-refractivity contribution < 1.29 is 19.2 Å². The third kappa shape index (κ3) is 6.92. The molecule has 0 aliphatic heterocycles. The molecule has 0 fully saturated rings. The minimum absolute atomic E-state index is 0.00976. The highest BCUT2D eigenvalue weighted by Gasteiger charge is 2.25. The molecule has 1 aromatic carbocycles. The van der Waals surface area contributed by atoms with Gasteiger partial charge in [-0.05, 0) is 37.5 Å². The largest absolute Gasteiger partial charge is 0.475 e. The highest BCUT2D eigenvalue weighted by molar-refractivity contribution is 6.32. The molecule has 0 saturated carbocycles. The number of halogens is 1. The Labute approximate surface area is 185 Å². The Hall–Kier alpha value is -3.20. The molecular formula is C21H25ClN4O5. The van der Waals surface area contributed by atoms with Crippen LogP contribution < -0.4 is 15.4 Å². The summed E-state index contributed by atoms with van der Waals surface area (Å²) in [4.78, 5) is 39.8. The van der Waals surface area contributed by atoms with Crippen molar-refractivity contribution in [3.63, 3.8) is 0 Å². The third-order valence-electron chi connectivity index (χ3n) is 4.26. The van der Waals surface area contributed by atoms with Crippen LogP contribution in [0.3, 0.4) is 0 Å². The highest BCUT2D eigenvalue weighted by Crippen LogP contribution is 2.25. The summed E-state index contributed by atoms with van der Waals surface area (Å²) in [6.45, 7) is 7.60. The summed E-state index contributed by atoms with van der Waals surface area (Å²) in [7, 11) is 0. The van der Waals surface area contributed by atoms with E-state index in [0.717, 1.165) is 11.6 Å². The predicted octanol–water partition coefficient (Wildman–Crippen LogP) is 3.50. The van der Waals surface area contributed by atoms with Crippen LogP contribution in [0.15, 0.2) is 36.5 Å². The Bertz CT molecular complexity index is 947. The quantitative estimate of drug-likeness (QED) is 0.447. The van der Waals surface area contributed by atoms with E-state index in [2.05, 4.69) is 15.6 Å². The first-order valence-corrected chi connectivity index (χ1v) is 10.1. The van der Waals surface area contributed by atoms with Crippen molar-refractivity contribution in [1.29, 1.82) is 0 Å². The molecule has 0 aliphatic carbocycles. The lowest BCUT2D eigenvalue weighted by atomic mass is 10.0. The number of rotatable bonds is 9. The van der Waals surface area contributed by atoms with Gasteiger partial charge in [-0.1, -0.05) is 31.5 Å². The molecule has 10 heteroatoms. The molecule has 2 rings (SSSR count). The van der Waals surface area contributed by atoms with Gasteiger partial charge in [-0.3, -0.25) is 19.7 Å². The lowest BCUT2D eigenvalue weighted by molar-refractivity contribution is -0.384. The molecule has 166 valence electrons. The number of nitrogens with zero attached hydrogens (tertiary/aromatic N) is 2. The second-order valence-electron chi connectivity index (χ2n) is 7.51. The molecule has 0 spiro atoms. The average molecular weight is 449 g/mol. The van der Waals surface area contributed by atoms with Crippen LogP contribution >= 0.6 is 11.6 Å². The lowest BCUT2D eigenvalue weighted by Crippen LogP contribution is -2.49. The zero-order chi connectivity index (χ0) is 23.1. The van der Waals surface area contributed by atoms with Crippen LogP contribution in [0.25, 0.3) is 0 Å². The summed E-state index contributed by atoms with van der Waals surface area (Å²) in [6, 6.07) is 6.40. The number of nitro benzene ring substituents is 1. The molecule has 31 heavy (non-hydrogen) atoms. The third-order valence-corrected chi connectivity index (χ3v) is 4.58. The lowest BCUT2D eigenvalue weighted by Gasteiger charge is -2.22. The van der Waals surface area contributed by atoms with Gasteiger partial charge in [0.15, 0.2) is 0 Å². The van der Waals surface area contributed by atoms with Crippen molar-refractivity contribution in [2.75, 3.05) is 0 Å². The predicted molar refractivity (Wildman–Crippen MR) is 116 cm³/mol. The van der Waals surface area contributed by atoms with Gasteiger partial charge in [0.1, 0.15) is 11.1 Å². The molecule has 2 N–H and O–H groups in total. The number of nitrogens with one attached hydrogen (secondary N) is 2. The van der Waals surface area contributed by atoms with Crippen LogP contribution in [0.5, 0.6) is 5.88 Å². The fourth-order valence-corrected chi connectivity index (χ4v) is 2.87. The smallest absolute Gasteiger partial charge is 0.288 e. The number of carbonyl (C=O) groups is 2. The first kappa shape index (κ1) is 24.1. The molecule has 0 bridgehead atoms. The number of pyridine rings is 1. The minimum Gasteiger partial charge on any atom is -0.475 e. The molecule has 0 saturated heterocycles. The van der Waals surface area contributed by atoms with Gasteiger partial charge in [-0.15, -0.1) is 0 Å². The number of ether oxygens (including phenoxy) is 1. The monoisotopic (exact) mass is 448 g/mol. The number of hydrogen-bond donors (Lipinski definition) is 2. The topological polar surface area (TPSA) is 123 Å².